The van der Waals surface area contributed by atoms with Gasteiger partial charge in [0.2, 0.25) is 5.91 Å². The molecule has 0 N–H and O–H groups in total. The minimum absolute atomic E-state index is 0.0765. The Labute approximate surface area is 138 Å². The highest BCUT2D eigenvalue weighted by Gasteiger charge is 2.31. The van der Waals surface area contributed by atoms with Gasteiger partial charge in [0.05, 0.1) is 13.0 Å². The summed E-state index contributed by atoms with van der Waals surface area (Å²) >= 11 is 0. The molecule has 0 bridgehead atoms. The molecule has 2 aliphatic heterocycles. The topological polar surface area (TPSA) is 42.0 Å². The second kappa shape index (κ2) is 7.21. The van der Waals surface area contributed by atoms with Crippen LogP contribution in [0.5, 0.6) is 11.5 Å². The van der Waals surface area contributed by atoms with Crippen LogP contribution in [-0.2, 0) is 11.2 Å². The van der Waals surface area contributed by atoms with Crippen molar-refractivity contribution in [2.75, 3.05) is 46.4 Å². The summed E-state index contributed by atoms with van der Waals surface area (Å²) in [4.78, 5) is 17.2. The largest absolute Gasteiger partial charge is 0.497 e. The highest BCUT2D eigenvalue weighted by molar-refractivity contribution is 5.80. The van der Waals surface area contributed by atoms with Gasteiger partial charge in [-0.2, -0.15) is 0 Å². The number of carbonyl (C=O) groups excluding carboxylic acids is 1. The Morgan fingerprint density at radius 2 is 2.09 bits per heavy atom. The molecular formula is C18H26N2O3. The van der Waals surface area contributed by atoms with E-state index in [4.69, 9.17) is 9.47 Å². The third-order valence-corrected chi connectivity index (χ3v) is 4.75. The number of benzene rings is 1. The first kappa shape index (κ1) is 16.1. The van der Waals surface area contributed by atoms with E-state index < -0.39 is 0 Å². The van der Waals surface area contributed by atoms with E-state index in [-0.39, 0.29) is 11.8 Å². The van der Waals surface area contributed by atoms with Gasteiger partial charge in [-0.25, -0.2) is 0 Å². The fourth-order valence-corrected chi connectivity index (χ4v) is 3.42. The summed E-state index contributed by atoms with van der Waals surface area (Å²) in [6.45, 7) is 7.44. The first-order valence-electron chi connectivity index (χ1n) is 8.52. The molecule has 3 rings (SSSR count). The molecule has 0 radical (unpaired) electrons. The first-order valence-corrected chi connectivity index (χ1v) is 8.52. The van der Waals surface area contributed by atoms with Gasteiger partial charge in [0.15, 0.2) is 0 Å². The van der Waals surface area contributed by atoms with Crippen molar-refractivity contribution >= 4 is 5.91 Å². The van der Waals surface area contributed by atoms with Gasteiger partial charge in [0.25, 0.3) is 0 Å². The fourth-order valence-electron chi connectivity index (χ4n) is 3.42. The zero-order chi connectivity index (χ0) is 16.2. The number of hydrogen-bond donors (Lipinski definition) is 0. The molecule has 2 aliphatic rings. The van der Waals surface area contributed by atoms with E-state index in [1.165, 1.54) is 6.42 Å². The van der Waals surface area contributed by atoms with Crippen molar-refractivity contribution in [3.63, 3.8) is 0 Å². The lowest BCUT2D eigenvalue weighted by atomic mass is 9.95. The minimum atomic E-state index is -0.0765. The average molecular weight is 318 g/mol. The molecule has 5 nitrogen and oxygen atoms in total. The number of carbonyl (C=O) groups is 1. The van der Waals surface area contributed by atoms with Gasteiger partial charge < -0.3 is 14.4 Å². The van der Waals surface area contributed by atoms with Crippen molar-refractivity contribution in [2.45, 2.75) is 19.8 Å². The van der Waals surface area contributed by atoms with Crippen LogP contribution in [0.2, 0.25) is 0 Å². The number of methoxy groups -OCH3 is 1. The monoisotopic (exact) mass is 318 g/mol. The minimum Gasteiger partial charge on any atom is -0.497 e. The Balaban J connectivity index is 1.61. The molecule has 1 saturated heterocycles. The molecule has 0 aliphatic carbocycles. The number of hydrogen-bond acceptors (Lipinski definition) is 4. The Kier molecular flexibility index (Phi) is 5.06. The smallest absolute Gasteiger partial charge is 0.229 e. The molecule has 1 aromatic carbocycles. The number of rotatable bonds is 4. The van der Waals surface area contributed by atoms with Crippen LogP contribution in [0.25, 0.3) is 0 Å². The first-order chi connectivity index (χ1) is 11.2. The maximum absolute atomic E-state index is 12.8. The molecule has 5 heteroatoms. The van der Waals surface area contributed by atoms with Gasteiger partial charge in [-0.05, 0) is 43.1 Å². The van der Waals surface area contributed by atoms with E-state index >= 15 is 0 Å². The van der Waals surface area contributed by atoms with Gasteiger partial charge >= 0.3 is 0 Å². The van der Waals surface area contributed by atoms with Crippen molar-refractivity contribution < 1.29 is 14.3 Å². The summed E-state index contributed by atoms with van der Waals surface area (Å²) in [6, 6.07) is 5.81. The zero-order valence-corrected chi connectivity index (χ0v) is 14.1. The van der Waals surface area contributed by atoms with E-state index in [1.807, 2.05) is 23.1 Å². The van der Waals surface area contributed by atoms with Crippen LogP contribution in [0.3, 0.4) is 0 Å². The number of fused-ring (bicyclic) bond motifs is 1. The molecule has 23 heavy (non-hydrogen) atoms. The van der Waals surface area contributed by atoms with Gasteiger partial charge in [-0.1, -0.05) is 6.92 Å². The number of nitrogens with zero attached hydrogens (tertiary/aromatic N) is 2. The predicted octanol–water partition coefficient (Wildman–Crippen LogP) is 1.80. The number of amides is 1. The van der Waals surface area contributed by atoms with Crippen molar-refractivity contribution in [2.24, 2.45) is 5.92 Å². The van der Waals surface area contributed by atoms with E-state index in [9.17, 15) is 4.79 Å². The molecule has 126 valence electrons. The van der Waals surface area contributed by atoms with Crippen LogP contribution >= 0.6 is 0 Å². The molecular weight excluding hydrogens is 292 g/mol. The van der Waals surface area contributed by atoms with Crippen LogP contribution in [0.1, 0.15) is 18.9 Å². The van der Waals surface area contributed by atoms with Crippen LogP contribution in [0.15, 0.2) is 18.2 Å². The SMILES string of the molecule is CCCN1CCN(C(=O)[C@@H]2COc3ccc(OC)cc3C2)CC1. The highest BCUT2D eigenvalue weighted by Crippen LogP contribution is 2.31. The number of ether oxygens (including phenoxy) is 2. The molecule has 1 aromatic rings. The maximum atomic E-state index is 12.8. The molecule has 0 saturated carbocycles. The lowest BCUT2D eigenvalue weighted by molar-refractivity contribution is -0.138. The van der Waals surface area contributed by atoms with E-state index in [1.54, 1.807) is 7.11 Å². The predicted molar refractivity (Wildman–Crippen MR) is 89.0 cm³/mol. The normalized spacial score (nSPS) is 21.5. The van der Waals surface area contributed by atoms with E-state index in [0.717, 1.165) is 56.2 Å². The van der Waals surface area contributed by atoms with Crippen molar-refractivity contribution in [3.8, 4) is 11.5 Å². The molecule has 1 fully saturated rings. The lowest BCUT2D eigenvalue weighted by Gasteiger charge is -2.37. The molecule has 1 atom stereocenters. The maximum Gasteiger partial charge on any atom is 0.229 e. The number of piperazine rings is 1. The Morgan fingerprint density at radius 3 is 2.78 bits per heavy atom. The standard InChI is InChI=1S/C18H26N2O3/c1-3-6-19-7-9-20(10-8-19)18(21)15-11-14-12-16(22-2)4-5-17(14)23-13-15/h4-5,12,15H,3,6-11,13H2,1-2H3/t15-/m0/s1. The van der Waals surface area contributed by atoms with Crippen LogP contribution in [-0.4, -0.2) is 62.1 Å². The van der Waals surface area contributed by atoms with Crippen LogP contribution < -0.4 is 9.47 Å². The Hall–Kier alpha value is -1.75. The third kappa shape index (κ3) is 3.61. The van der Waals surface area contributed by atoms with E-state index in [0.29, 0.717) is 6.61 Å². The molecule has 0 aromatic heterocycles. The lowest BCUT2D eigenvalue weighted by Crippen LogP contribution is -2.51. The molecule has 0 unspecified atom stereocenters. The summed E-state index contributed by atoms with van der Waals surface area (Å²) in [5, 5.41) is 0. The second-order valence-electron chi connectivity index (χ2n) is 6.35. The van der Waals surface area contributed by atoms with Crippen molar-refractivity contribution in [1.29, 1.82) is 0 Å². The Bertz CT molecular complexity index is 553. The van der Waals surface area contributed by atoms with E-state index in [2.05, 4.69) is 11.8 Å². The average Bonchev–Trinajstić information content (AvgIpc) is 2.61. The molecule has 0 spiro atoms. The van der Waals surface area contributed by atoms with Crippen molar-refractivity contribution in [1.82, 2.24) is 9.80 Å². The summed E-state index contributed by atoms with van der Waals surface area (Å²) in [7, 11) is 1.66. The van der Waals surface area contributed by atoms with Crippen LogP contribution in [0, 0.1) is 5.92 Å². The zero-order valence-electron chi connectivity index (χ0n) is 14.1. The summed E-state index contributed by atoms with van der Waals surface area (Å²) in [5.74, 6) is 1.85. The quantitative estimate of drug-likeness (QED) is 0.849. The van der Waals surface area contributed by atoms with Gasteiger partial charge in [-0.3, -0.25) is 9.69 Å². The van der Waals surface area contributed by atoms with Crippen LogP contribution in [0.4, 0.5) is 0 Å². The van der Waals surface area contributed by atoms with Gasteiger partial charge in [0.1, 0.15) is 18.1 Å². The second-order valence-corrected chi connectivity index (χ2v) is 6.35. The van der Waals surface area contributed by atoms with Gasteiger partial charge in [0, 0.05) is 26.2 Å². The molecule has 2 heterocycles. The fraction of sp³-hybridized carbons (Fsp3) is 0.611. The highest BCUT2D eigenvalue weighted by atomic mass is 16.5. The Morgan fingerprint density at radius 1 is 1.30 bits per heavy atom. The molecule has 1 amide bonds. The van der Waals surface area contributed by atoms with Crippen molar-refractivity contribution in [3.05, 3.63) is 23.8 Å². The van der Waals surface area contributed by atoms with Gasteiger partial charge in [-0.15, -0.1) is 0 Å². The third-order valence-electron chi connectivity index (χ3n) is 4.75. The summed E-state index contributed by atoms with van der Waals surface area (Å²) in [6.07, 6.45) is 1.91. The summed E-state index contributed by atoms with van der Waals surface area (Å²) in [5.41, 5.74) is 1.07. The summed E-state index contributed by atoms with van der Waals surface area (Å²) < 4.78 is 11.1.